The third-order valence-electron chi connectivity index (χ3n) is 3.98. The molecule has 1 saturated heterocycles. The Kier molecular flexibility index (Phi) is 3.94. The third kappa shape index (κ3) is 2.74. The van der Waals surface area contributed by atoms with Crippen LogP contribution in [0.3, 0.4) is 0 Å². The number of carbonyl (C=O) groups is 1. The Morgan fingerprint density at radius 1 is 1.36 bits per heavy atom. The van der Waals surface area contributed by atoms with Crippen LogP contribution in [0.5, 0.6) is 0 Å². The first-order chi connectivity index (χ1) is 10.6. The van der Waals surface area contributed by atoms with Gasteiger partial charge < -0.3 is 9.64 Å². The summed E-state index contributed by atoms with van der Waals surface area (Å²) in [6.45, 7) is 5.18. The summed E-state index contributed by atoms with van der Waals surface area (Å²) in [4.78, 5) is 26.2. The van der Waals surface area contributed by atoms with Gasteiger partial charge in [-0.2, -0.15) is 5.10 Å². The molecular formula is C16H19N3O3. The molecule has 6 heteroatoms. The van der Waals surface area contributed by atoms with Crippen LogP contribution < -0.4 is 5.43 Å². The number of para-hydroxylation sites is 1. The Morgan fingerprint density at radius 2 is 2.14 bits per heavy atom. The first-order valence-electron chi connectivity index (χ1n) is 7.42. The summed E-state index contributed by atoms with van der Waals surface area (Å²) in [5, 5.41) is 4.69. The van der Waals surface area contributed by atoms with Gasteiger partial charge in [-0.25, -0.2) is 0 Å². The Balaban J connectivity index is 1.88. The molecule has 2 heterocycles. The number of aromatic nitrogens is 2. The van der Waals surface area contributed by atoms with Crippen molar-refractivity contribution in [2.24, 2.45) is 0 Å². The Bertz CT molecular complexity index is 756. The molecule has 2 aromatic rings. The van der Waals surface area contributed by atoms with Crippen LogP contribution in [0.4, 0.5) is 0 Å². The summed E-state index contributed by atoms with van der Waals surface area (Å²) in [5.74, 6) is -0.0102. The van der Waals surface area contributed by atoms with Crippen LogP contribution in [-0.2, 0) is 16.1 Å². The summed E-state index contributed by atoms with van der Waals surface area (Å²) in [6, 6.07) is 7.25. The molecule has 1 amide bonds. The first-order valence-corrected chi connectivity index (χ1v) is 7.42. The van der Waals surface area contributed by atoms with Gasteiger partial charge in [-0.05, 0) is 26.0 Å². The molecule has 1 aromatic heterocycles. The number of fused-ring (bicyclic) bond motifs is 1. The van der Waals surface area contributed by atoms with Crippen molar-refractivity contribution in [2.75, 3.05) is 13.2 Å². The zero-order valence-corrected chi connectivity index (χ0v) is 12.7. The van der Waals surface area contributed by atoms with Crippen molar-refractivity contribution >= 4 is 16.8 Å². The van der Waals surface area contributed by atoms with E-state index in [-0.39, 0.29) is 30.0 Å². The average Bonchev–Trinajstić information content (AvgIpc) is 2.52. The van der Waals surface area contributed by atoms with Gasteiger partial charge in [0.2, 0.25) is 11.3 Å². The highest BCUT2D eigenvalue weighted by Gasteiger charge is 2.27. The van der Waals surface area contributed by atoms with Crippen molar-refractivity contribution < 1.29 is 9.53 Å². The van der Waals surface area contributed by atoms with E-state index in [1.54, 1.807) is 10.7 Å². The van der Waals surface area contributed by atoms with E-state index in [9.17, 15) is 9.59 Å². The molecule has 0 saturated carbocycles. The van der Waals surface area contributed by atoms with E-state index in [1.807, 2.05) is 36.9 Å². The van der Waals surface area contributed by atoms with Crippen molar-refractivity contribution in [2.45, 2.75) is 32.5 Å². The van der Waals surface area contributed by atoms with Crippen LogP contribution in [0.1, 0.15) is 13.8 Å². The van der Waals surface area contributed by atoms with Gasteiger partial charge in [-0.3, -0.25) is 14.3 Å². The van der Waals surface area contributed by atoms with Crippen LogP contribution in [0.2, 0.25) is 0 Å². The molecular weight excluding hydrogens is 282 g/mol. The quantitative estimate of drug-likeness (QED) is 0.831. The topological polar surface area (TPSA) is 64.4 Å². The van der Waals surface area contributed by atoms with E-state index in [1.165, 1.54) is 6.20 Å². The van der Waals surface area contributed by atoms with Crippen LogP contribution in [0.15, 0.2) is 35.3 Å². The molecule has 0 unspecified atom stereocenters. The predicted molar refractivity (Wildman–Crippen MR) is 82.6 cm³/mol. The lowest BCUT2D eigenvalue weighted by molar-refractivity contribution is -0.143. The number of benzene rings is 1. The zero-order valence-electron chi connectivity index (χ0n) is 12.7. The average molecular weight is 301 g/mol. The van der Waals surface area contributed by atoms with E-state index in [0.717, 1.165) is 0 Å². The fourth-order valence-corrected chi connectivity index (χ4v) is 2.76. The number of rotatable bonds is 2. The number of ether oxygens (including phenoxy) is 1. The molecule has 1 aromatic carbocycles. The summed E-state index contributed by atoms with van der Waals surface area (Å²) < 4.78 is 7.14. The van der Waals surface area contributed by atoms with E-state index in [0.29, 0.717) is 24.1 Å². The summed E-state index contributed by atoms with van der Waals surface area (Å²) in [5.41, 5.74) is 0.546. The zero-order chi connectivity index (χ0) is 15.7. The van der Waals surface area contributed by atoms with Crippen molar-refractivity contribution in [3.63, 3.8) is 0 Å². The first kappa shape index (κ1) is 14.7. The molecule has 1 aliphatic rings. The van der Waals surface area contributed by atoms with Crippen molar-refractivity contribution in [3.8, 4) is 0 Å². The molecule has 0 N–H and O–H groups in total. The van der Waals surface area contributed by atoms with Gasteiger partial charge in [-0.1, -0.05) is 12.1 Å². The van der Waals surface area contributed by atoms with Gasteiger partial charge >= 0.3 is 0 Å². The monoisotopic (exact) mass is 301 g/mol. The van der Waals surface area contributed by atoms with Crippen molar-refractivity contribution in [1.82, 2.24) is 14.7 Å². The molecule has 0 bridgehead atoms. The minimum absolute atomic E-state index is 0.0102. The van der Waals surface area contributed by atoms with Crippen LogP contribution in [-0.4, -0.2) is 45.9 Å². The molecule has 22 heavy (non-hydrogen) atoms. The van der Waals surface area contributed by atoms with Crippen LogP contribution in [0, 0.1) is 0 Å². The highest BCUT2D eigenvalue weighted by atomic mass is 16.5. The molecule has 3 rings (SSSR count). The smallest absolute Gasteiger partial charge is 0.244 e. The lowest BCUT2D eigenvalue weighted by atomic mass is 10.2. The minimum Gasteiger partial charge on any atom is -0.375 e. The molecule has 0 aliphatic carbocycles. The Morgan fingerprint density at radius 3 is 2.95 bits per heavy atom. The maximum atomic E-state index is 12.6. The van der Waals surface area contributed by atoms with Gasteiger partial charge in [0, 0.05) is 11.9 Å². The Hall–Kier alpha value is -2.21. The predicted octanol–water partition coefficient (Wildman–Crippen LogP) is 1.03. The van der Waals surface area contributed by atoms with E-state index in [2.05, 4.69) is 5.10 Å². The van der Waals surface area contributed by atoms with Crippen LogP contribution >= 0.6 is 0 Å². The Labute approximate surface area is 128 Å². The second kappa shape index (κ2) is 5.88. The molecule has 6 nitrogen and oxygen atoms in total. The number of nitrogens with zero attached hydrogens (tertiary/aromatic N) is 3. The fraction of sp³-hybridized carbons (Fsp3) is 0.438. The largest absolute Gasteiger partial charge is 0.375 e. The van der Waals surface area contributed by atoms with E-state index in [4.69, 9.17) is 4.74 Å². The van der Waals surface area contributed by atoms with Crippen molar-refractivity contribution in [3.05, 3.63) is 40.7 Å². The van der Waals surface area contributed by atoms with Gasteiger partial charge in [0.1, 0.15) is 6.54 Å². The number of hydrogen-bond acceptors (Lipinski definition) is 4. The van der Waals surface area contributed by atoms with Gasteiger partial charge in [0.25, 0.3) is 0 Å². The SMILES string of the molecule is C[C@@H]1CO[C@@H](C)CN1C(=O)Cn1ncc(=O)c2ccccc21. The molecule has 1 aliphatic heterocycles. The second-order valence-electron chi connectivity index (χ2n) is 5.72. The third-order valence-corrected chi connectivity index (χ3v) is 3.98. The second-order valence-corrected chi connectivity index (χ2v) is 5.72. The number of hydrogen-bond donors (Lipinski definition) is 0. The van der Waals surface area contributed by atoms with Gasteiger partial charge in [0.15, 0.2) is 0 Å². The van der Waals surface area contributed by atoms with Gasteiger partial charge in [-0.15, -0.1) is 0 Å². The lowest BCUT2D eigenvalue weighted by Crippen LogP contribution is -2.51. The standard InChI is InChI=1S/C16H19N3O3/c1-11-10-22-12(2)8-18(11)16(21)9-19-14-6-4-3-5-13(14)15(20)7-17-19/h3-7,11-12H,8-10H2,1-2H3/t11-,12+/m1/s1. The number of morpholine rings is 1. The number of amides is 1. The van der Waals surface area contributed by atoms with Gasteiger partial charge in [0.05, 0.1) is 30.5 Å². The lowest BCUT2D eigenvalue weighted by Gasteiger charge is -2.36. The maximum Gasteiger partial charge on any atom is 0.244 e. The molecule has 0 radical (unpaired) electrons. The highest BCUT2D eigenvalue weighted by molar-refractivity contribution is 5.81. The van der Waals surface area contributed by atoms with E-state index >= 15 is 0 Å². The molecule has 116 valence electrons. The highest BCUT2D eigenvalue weighted by Crippen LogP contribution is 2.13. The summed E-state index contributed by atoms with van der Waals surface area (Å²) in [6.07, 6.45) is 1.31. The van der Waals surface area contributed by atoms with Crippen molar-refractivity contribution in [1.29, 1.82) is 0 Å². The minimum atomic E-state index is -0.132. The summed E-state index contributed by atoms with van der Waals surface area (Å²) >= 11 is 0. The molecule has 1 fully saturated rings. The summed E-state index contributed by atoms with van der Waals surface area (Å²) in [7, 11) is 0. The molecule has 2 atom stereocenters. The van der Waals surface area contributed by atoms with Crippen LogP contribution in [0.25, 0.3) is 10.9 Å². The normalized spacial score (nSPS) is 22.0. The fourth-order valence-electron chi connectivity index (χ4n) is 2.76. The van der Waals surface area contributed by atoms with E-state index < -0.39 is 0 Å². The number of carbonyl (C=O) groups excluding carboxylic acids is 1. The maximum absolute atomic E-state index is 12.6. The molecule has 0 spiro atoms.